The van der Waals surface area contributed by atoms with Crippen molar-refractivity contribution in [1.29, 1.82) is 0 Å². The van der Waals surface area contributed by atoms with Crippen molar-refractivity contribution in [2.75, 3.05) is 4.90 Å². The van der Waals surface area contributed by atoms with Crippen LogP contribution in [0.3, 0.4) is 0 Å². The number of hydrogen-bond donors (Lipinski definition) is 0. The van der Waals surface area contributed by atoms with Crippen LogP contribution in [0.5, 0.6) is 0 Å². The van der Waals surface area contributed by atoms with Crippen LogP contribution in [0.2, 0.25) is 0 Å². The zero-order chi connectivity index (χ0) is 38.9. The number of anilines is 3. The Hall–Kier alpha value is -7.68. The van der Waals surface area contributed by atoms with Gasteiger partial charge in [0.05, 0.1) is 16.8 Å². The van der Waals surface area contributed by atoms with Crippen molar-refractivity contribution in [2.45, 2.75) is 5.41 Å². The van der Waals surface area contributed by atoms with Gasteiger partial charge in [-0.2, -0.15) is 0 Å². The Labute approximate surface area is 342 Å². The lowest BCUT2D eigenvalue weighted by molar-refractivity contribution is 0.670. The van der Waals surface area contributed by atoms with Gasteiger partial charge in [-0.25, -0.2) is 0 Å². The average molecular weight is 752 g/mol. The van der Waals surface area contributed by atoms with Gasteiger partial charge in [-0.15, -0.1) is 0 Å². The summed E-state index contributed by atoms with van der Waals surface area (Å²) in [5.41, 5.74) is 14.4. The summed E-state index contributed by atoms with van der Waals surface area (Å²) in [7, 11) is 0. The fourth-order valence-electron chi connectivity index (χ4n) is 10.1. The Bertz CT molecular complexity index is 3340. The standard InChI is InChI=1S/C57H37NO/c1-3-18-41(19-4-1)57(42-20-5-2-6-21-42)49-27-11-9-24-48(49)55-50(57)28-15-30-52(55)58(51-29-13-17-40-33-32-38-16-7-8-22-44(38)54(40)51)43-36-34-39(35-37-43)45-25-14-26-47-46-23-10-12-31-53(46)59-56(45)47/h1-37H. The summed E-state index contributed by atoms with van der Waals surface area (Å²) in [5.74, 6) is 0. The van der Waals surface area contributed by atoms with Crippen LogP contribution in [0, 0.1) is 0 Å². The van der Waals surface area contributed by atoms with Crippen LogP contribution < -0.4 is 4.90 Å². The molecule has 0 N–H and O–H groups in total. The molecule has 0 fully saturated rings. The van der Waals surface area contributed by atoms with Crippen LogP contribution >= 0.6 is 0 Å². The molecule has 2 nitrogen and oxygen atoms in total. The van der Waals surface area contributed by atoms with Gasteiger partial charge in [0.2, 0.25) is 0 Å². The summed E-state index contributed by atoms with van der Waals surface area (Å²) >= 11 is 0. The molecular formula is C57H37NO. The minimum absolute atomic E-state index is 0.517. The largest absolute Gasteiger partial charge is 0.455 e. The Morgan fingerprint density at radius 1 is 0.373 bits per heavy atom. The molecule has 0 saturated carbocycles. The molecule has 276 valence electrons. The second-order valence-corrected chi connectivity index (χ2v) is 15.6. The first kappa shape index (κ1) is 33.5. The van der Waals surface area contributed by atoms with E-state index in [1.165, 1.54) is 54.9 Å². The fraction of sp³-hybridized carbons (Fsp3) is 0.0175. The van der Waals surface area contributed by atoms with E-state index in [1.807, 2.05) is 6.07 Å². The highest BCUT2D eigenvalue weighted by Gasteiger charge is 2.47. The molecule has 0 bridgehead atoms. The van der Waals surface area contributed by atoms with E-state index in [0.29, 0.717) is 0 Å². The van der Waals surface area contributed by atoms with Gasteiger partial charge in [-0.05, 0) is 79.9 Å². The van der Waals surface area contributed by atoms with Crippen LogP contribution in [-0.2, 0) is 5.41 Å². The maximum absolute atomic E-state index is 6.51. The monoisotopic (exact) mass is 751 g/mol. The normalized spacial score (nSPS) is 12.9. The Morgan fingerprint density at radius 3 is 1.76 bits per heavy atom. The number of benzene rings is 10. The van der Waals surface area contributed by atoms with Gasteiger partial charge >= 0.3 is 0 Å². The first-order chi connectivity index (χ1) is 29.3. The number of para-hydroxylation sites is 2. The molecule has 12 rings (SSSR count). The van der Waals surface area contributed by atoms with Gasteiger partial charge in [-0.3, -0.25) is 0 Å². The SMILES string of the molecule is c1ccc(C2(c3ccccc3)c3ccccc3-c3c(N(c4ccc(-c5cccc6c5oc5ccccc56)cc4)c4cccc5ccc6ccccc6c45)cccc32)cc1. The highest BCUT2D eigenvalue weighted by atomic mass is 16.3. The van der Waals surface area contributed by atoms with Crippen molar-refractivity contribution in [1.82, 2.24) is 0 Å². The summed E-state index contributed by atoms with van der Waals surface area (Å²) in [6.45, 7) is 0. The van der Waals surface area contributed by atoms with Gasteiger partial charge in [0.15, 0.2) is 0 Å². The minimum Gasteiger partial charge on any atom is -0.455 e. The van der Waals surface area contributed by atoms with Crippen molar-refractivity contribution in [3.63, 3.8) is 0 Å². The molecule has 1 aromatic heterocycles. The smallest absolute Gasteiger partial charge is 0.143 e. The Kier molecular flexibility index (Phi) is 7.48. The average Bonchev–Trinajstić information content (AvgIpc) is 3.85. The Balaban J connectivity index is 1.14. The van der Waals surface area contributed by atoms with E-state index in [9.17, 15) is 0 Å². The minimum atomic E-state index is -0.517. The molecule has 0 spiro atoms. The van der Waals surface area contributed by atoms with Crippen molar-refractivity contribution >= 4 is 60.5 Å². The fourth-order valence-corrected chi connectivity index (χ4v) is 10.1. The third-order valence-corrected chi connectivity index (χ3v) is 12.5. The van der Waals surface area contributed by atoms with Crippen LogP contribution in [0.15, 0.2) is 229 Å². The molecule has 11 aromatic rings. The number of hydrogen-bond acceptors (Lipinski definition) is 2. The quantitative estimate of drug-likeness (QED) is 0.157. The molecule has 0 saturated heterocycles. The summed E-state index contributed by atoms with van der Waals surface area (Å²) in [4.78, 5) is 2.50. The third-order valence-electron chi connectivity index (χ3n) is 12.5. The summed E-state index contributed by atoms with van der Waals surface area (Å²) in [6.07, 6.45) is 0. The number of rotatable bonds is 6. The second kappa shape index (κ2) is 13.2. The molecule has 0 unspecified atom stereocenters. The van der Waals surface area contributed by atoms with Crippen molar-refractivity contribution in [2.24, 2.45) is 0 Å². The van der Waals surface area contributed by atoms with E-state index in [0.717, 1.165) is 50.1 Å². The maximum Gasteiger partial charge on any atom is 0.143 e. The van der Waals surface area contributed by atoms with Gasteiger partial charge in [0.1, 0.15) is 11.2 Å². The van der Waals surface area contributed by atoms with E-state index in [2.05, 4.69) is 223 Å². The molecule has 0 amide bonds. The van der Waals surface area contributed by atoms with Crippen LogP contribution in [0.25, 0.3) is 65.7 Å². The highest BCUT2D eigenvalue weighted by molar-refractivity contribution is 6.16. The molecule has 1 heterocycles. The van der Waals surface area contributed by atoms with Gasteiger partial charge < -0.3 is 9.32 Å². The zero-order valence-electron chi connectivity index (χ0n) is 32.2. The predicted octanol–water partition coefficient (Wildman–Crippen LogP) is 15.4. The third kappa shape index (κ3) is 4.93. The molecule has 2 heteroatoms. The first-order valence-corrected chi connectivity index (χ1v) is 20.3. The number of furan rings is 1. The lowest BCUT2D eigenvalue weighted by Crippen LogP contribution is -2.28. The van der Waals surface area contributed by atoms with E-state index >= 15 is 0 Å². The molecule has 0 aliphatic heterocycles. The maximum atomic E-state index is 6.51. The number of nitrogens with zero attached hydrogens (tertiary/aromatic N) is 1. The molecule has 1 aliphatic carbocycles. The van der Waals surface area contributed by atoms with E-state index in [-0.39, 0.29) is 0 Å². The molecule has 10 aromatic carbocycles. The van der Waals surface area contributed by atoms with Crippen LogP contribution in [-0.4, -0.2) is 0 Å². The first-order valence-electron chi connectivity index (χ1n) is 20.3. The van der Waals surface area contributed by atoms with Crippen LogP contribution in [0.4, 0.5) is 17.1 Å². The van der Waals surface area contributed by atoms with Crippen molar-refractivity contribution in [3.8, 4) is 22.3 Å². The topological polar surface area (TPSA) is 16.4 Å². The van der Waals surface area contributed by atoms with E-state index in [4.69, 9.17) is 4.42 Å². The van der Waals surface area contributed by atoms with Gasteiger partial charge in [0, 0.05) is 33.0 Å². The summed E-state index contributed by atoms with van der Waals surface area (Å²) in [6, 6.07) is 81.9. The van der Waals surface area contributed by atoms with Crippen LogP contribution in [0.1, 0.15) is 22.3 Å². The summed E-state index contributed by atoms with van der Waals surface area (Å²) in [5, 5.41) is 7.14. The van der Waals surface area contributed by atoms with E-state index in [1.54, 1.807) is 0 Å². The molecule has 59 heavy (non-hydrogen) atoms. The van der Waals surface area contributed by atoms with Gasteiger partial charge in [-0.1, -0.05) is 194 Å². The lowest BCUT2D eigenvalue weighted by Gasteiger charge is -2.34. The molecule has 0 atom stereocenters. The van der Waals surface area contributed by atoms with Gasteiger partial charge in [0.25, 0.3) is 0 Å². The summed E-state index contributed by atoms with van der Waals surface area (Å²) < 4.78 is 6.51. The predicted molar refractivity (Wildman–Crippen MR) is 246 cm³/mol. The Morgan fingerprint density at radius 2 is 0.949 bits per heavy atom. The lowest BCUT2D eigenvalue weighted by atomic mass is 9.68. The molecule has 1 aliphatic rings. The second-order valence-electron chi connectivity index (χ2n) is 15.6. The van der Waals surface area contributed by atoms with E-state index < -0.39 is 5.41 Å². The zero-order valence-corrected chi connectivity index (χ0v) is 32.2. The molecular weight excluding hydrogens is 715 g/mol. The number of fused-ring (bicyclic) bond motifs is 9. The molecule has 0 radical (unpaired) electrons. The highest BCUT2D eigenvalue weighted by Crippen LogP contribution is 2.60. The van der Waals surface area contributed by atoms with Crippen molar-refractivity contribution in [3.05, 3.63) is 247 Å². The van der Waals surface area contributed by atoms with Crippen molar-refractivity contribution < 1.29 is 4.42 Å².